The molecule has 1 atom stereocenters. The molecule has 1 amide bonds. The van der Waals surface area contributed by atoms with Crippen LogP contribution in [0, 0.1) is 5.41 Å². The van der Waals surface area contributed by atoms with Gasteiger partial charge in [0.25, 0.3) is 5.91 Å². The predicted molar refractivity (Wildman–Crippen MR) is 105 cm³/mol. The Morgan fingerprint density at radius 2 is 2.13 bits per heavy atom. The van der Waals surface area contributed by atoms with Crippen LogP contribution in [-0.4, -0.2) is 44.4 Å². The van der Waals surface area contributed by atoms with Gasteiger partial charge in [0, 0.05) is 29.9 Å². The zero-order chi connectivity index (χ0) is 22.3. The second kappa shape index (κ2) is 7.52. The van der Waals surface area contributed by atoms with Crippen molar-refractivity contribution >= 4 is 23.0 Å². The molecule has 162 valence electrons. The molecule has 0 aliphatic heterocycles. The number of ether oxygens (including phenoxy) is 1. The van der Waals surface area contributed by atoms with Gasteiger partial charge in [-0.15, -0.1) is 0 Å². The van der Waals surface area contributed by atoms with Crippen LogP contribution in [0.5, 0.6) is 5.88 Å². The molecule has 1 aliphatic carbocycles. The van der Waals surface area contributed by atoms with Gasteiger partial charge in [-0.3, -0.25) is 4.79 Å². The SMILES string of the molecule is COc1ncc(-c2cc(C(F)(F)F)c3c(N)ncnn23)cc1C(=O)NC1CCC(=N)C1. The van der Waals surface area contributed by atoms with E-state index in [-0.39, 0.29) is 40.1 Å². The molecular weight excluding hydrogens is 415 g/mol. The average molecular weight is 433 g/mol. The molecular formula is C19H18F3N7O2. The number of fused-ring (bicyclic) bond motifs is 1. The van der Waals surface area contributed by atoms with Crippen LogP contribution in [0.2, 0.25) is 0 Å². The summed E-state index contributed by atoms with van der Waals surface area (Å²) in [5.74, 6) is -0.783. The molecule has 31 heavy (non-hydrogen) atoms. The van der Waals surface area contributed by atoms with Gasteiger partial charge in [-0.05, 0) is 25.0 Å². The Morgan fingerprint density at radius 3 is 2.77 bits per heavy atom. The molecule has 4 N–H and O–H groups in total. The fourth-order valence-corrected chi connectivity index (χ4v) is 3.64. The van der Waals surface area contributed by atoms with Crippen molar-refractivity contribution in [3.63, 3.8) is 0 Å². The number of nitrogen functional groups attached to an aromatic ring is 1. The molecule has 0 bridgehead atoms. The van der Waals surface area contributed by atoms with Gasteiger partial charge in [-0.2, -0.15) is 18.3 Å². The van der Waals surface area contributed by atoms with Crippen molar-refractivity contribution in [2.75, 3.05) is 12.8 Å². The van der Waals surface area contributed by atoms with Crippen LogP contribution in [0.1, 0.15) is 35.2 Å². The molecule has 3 aromatic rings. The molecule has 0 saturated heterocycles. The van der Waals surface area contributed by atoms with Gasteiger partial charge in [-0.25, -0.2) is 14.5 Å². The Kier molecular flexibility index (Phi) is 4.99. The Morgan fingerprint density at radius 1 is 1.35 bits per heavy atom. The second-order valence-electron chi connectivity index (χ2n) is 7.14. The van der Waals surface area contributed by atoms with Crippen LogP contribution in [0.4, 0.5) is 19.0 Å². The van der Waals surface area contributed by atoms with E-state index in [9.17, 15) is 18.0 Å². The molecule has 4 rings (SSSR count). The van der Waals surface area contributed by atoms with Crippen LogP contribution in [0.25, 0.3) is 16.8 Å². The van der Waals surface area contributed by atoms with Gasteiger partial charge in [0.1, 0.15) is 17.4 Å². The van der Waals surface area contributed by atoms with Gasteiger partial charge < -0.3 is 21.2 Å². The Labute approximate surface area is 173 Å². The molecule has 3 heterocycles. The first-order chi connectivity index (χ1) is 14.7. The number of hydrogen-bond acceptors (Lipinski definition) is 7. The number of amides is 1. The Hall–Kier alpha value is -3.70. The summed E-state index contributed by atoms with van der Waals surface area (Å²) in [6.45, 7) is 0. The number of hydrogen-bond donors (Lipinski definition) is 3. The third-order valence-electron chi connectivity index (χ3n) is 5.10. The third-order valence-corrected chi connectivity index (χ3v) is 5.10. The number of methoxy groups -OCH3 is 1. The number of carbonyl (C=O) groups is 1. The summed E-state index contributed by atoms with van der Waals surface area (Å²) < 4.78 is 46.9. The highest BCUT2D eigenvalue weighted by atomic mass is 19.4. The fraction of sp³-hybridized carbons (Fsp3) is 0.316. The van der Waals surface area contributed by atoms with Crippen LogP contribution in [0.3, 0.4) is 0 Å². The summed E-state index contributed by atoms with van der Waals surface area (Å²) in [5.41, 5.74) is 5.19. The van der Waals surface area contributed by atoms with E-state index in [1.54, 1.807) is 0 Å². The summed E-state index contributed by atoms with van der Waals surface area (Å²) in [6.07, 6.45) is -0.635. The number of alkyl halides is 3. The van der Waals surface area contributed by atoms with Gasteiger partial charge in [0.05, 0.1) is 18.4 Å². The maximum atomic E-state index is 13.6. The maximum absolute atomic E-state index is 13.6. The first kappa shape index (κ1) is 20.6. The zero-order valence-corrected chi connectivity index (χ0v) is 16.3. The molecule has 0 radical (unpaired) electrons. The smallest absolute Gasteiger partial charge is 0.418 e. The topological polar surface area (TPSA) is 131 Å². The quantitative estimate of drug-likeness (QED) is 0.580. The van der Waals surface area contributed by atoms with Gasteiger partial charge in [-0.1, -0.05) is 0 Å². The van der Waals surface area contributed by atoms with Crippen LogP contribution < -0.4 is 15.8 Å². The fourth-order valence-electron chi connectivity index (χ4n) is 3.64. The van der Waals surface area contributed by atoms with Gasteiger partial charge >= 0.3 is 6.18 Å². The highest BCUT2D eigenvalue weighted by molar-refractivity contribution is 5.98. The monoisotopic (exact) mass is 433 g/mol. The number of carbonyl (C=O) groups excluding carboxylic acids is 1. The predicted octanol–water partition coefficient (Wildman–Crippen LogP) is 2.70. The Balaban J connectivity index is 1.80. The molecule has 0 aromatic carbocycles. The summed E-state index contributed by atoms with van der Waals surface area (Å²) in [5, 5.41) is 14.4. The van der Waals surface area contributed by atoms with Crippen molar-refractivity contribution in [2.45, 2.75) is 31.5 Å². The lowest BCUT2D eigenvalue weighted by Crippen LogP contribution is -2.33. The van der Waals surface area contributed by atoms with Crippen molar-refractivity contribution in [1.29, 1.82) is 5.41 Å². The molecule has 1 unspecified atom stereocenters. The minimum absolute atomic E-state index is 0.0281. The van der Waals surface area contributed by atoms with E-state index in [0.717, 1.165) is 16.9 Å². The van der Waals surface area contributed by atoms with Crippen molar-refractivity contribution in [2.24, 2.45) is 0 Å². The normalized spacial score (nSPS) is 16.6. The number of pyridine rings is 1. The molecule has 1 saturated carbocycles. The number of nitrogens with one attached hydrogen (secondary N) is 2. The zero-order valence-electron chi connectivity index (χ0n) is 16.3. The lowest BCUT2D eigenvalue weighted by molar-refractivity contribution is -0.136. The van der Waals surface area contributed by atoms with Crippen LogP contribution in [-0.2, 0) is 6.18 Å². The Bertz CT molecular complexity index is 1190. The van der Waals surface area contributed by atoms with Crippen molar-refractivity contribution in [3.05, 3.63) is 35.8 Å². The summed E-state index contributed by atoms with van der Waals surface area (Å²) in [6, 6.07) is 2.10. The minimum atomic E-state index is -4.69. The molecule has 9 nitrogen and oxygen atoms in total. The number of anilines is 1. The maximum Gasteiger partial charge on any atom is 0.418 e. The molecule has 0 spiro atoms. The number of nitrogens with two attached hydrogens (primary N) is 1. The molecule has 1 aliphatic rings. The van der Waals surface area contributed by atoms with E-state index in [1.807, 2.05) is 0 Å². The van der Waals surface area contributed by atoms with E-state index in [2.05, 4.69) is 20.4 Å². The van der Waals surface area contributed by atoms with Crippen molar-refractivity contribution in [1.82, 2.24) is 24.9 Å². The first-order valence-electron chi connectivity index (χ1n) is 9.30. The van der Waals surface area contributed by atoms with E-state index in [4.69, 9.17) is 15.9 Å². The molecule has 3 aromatic heterocycles. The van der Waals surface area contributed by atoms with E-state index < -0.39 is 17.6 Å². The van der Waals surface area contributed by atoms with E-state index >= 15 is 0 Å². The third kappa shape index (κ3) is 3.76. The second-order valence-corrected chi connectivity index (χ2v) is 7.14. The van der Waals surface area contributed by atoms with Crippen molar-refractivity contribution in [3.8, 4) is 17.1 Å². The number of halogens is 3. The lowest BCUT2D eigenvalue weighted by atomic mass is 10.1. The minimum Gasteiger partial charge on any atom is -0.480 e. The number of nitrogens with zero attached hydrogens (tertiary/aromatic N) is 4. The molecule has 1 fully saturated rings. The molecule has 12 heteroatoms. The van der Waals surface area contributed by atoms with Gasteiger partial charge in [0.15, 0.2) is 5.82 Å². The van der Waals surface area contributed by atoms with Crippen molar-refractivity contribution < 1.29 is 22.7 Å². The van der Waals surface area contributed by atoms with Crippen LogP contribution in [0.15, 0.2) is 24.7 Å². The average Bonchev–Trinajstić information content (AvgIpc) is 3.31. The first-order valence-corrected chi connectivity index (χ1v) is 9.30. The summed E-state index contributed by atoms with van der Waals surface area (Å²) >= 11 is 0. The highest BCUT2D eigenvalue weighted by Gasteiger charge is 2.36. The van der Waals surface area contributed by atoms with E-state index in [0.29, 0.717) is 25.0 Å². The summed E-state index contributed by atoms with van der Waals surface area (Å²) in [7, 11) is 1.34. The largest absolute Gasteiger partial charge is 0.480 e. The number of rotatable bonds is 4. The summed E-state index contributed by atoms with van der Waals surface area (Å²) in [4.78, 5) is 20.6. The number of aromatic nitrogens is 4. The van der Waals surface area contributed by atoms with Crippen LogP contribution >= 0.6 is 0 Å². The van der Waals surface area contributed by atoms with E-state index in [1.165, 1.54) is 19.4 Å². The highest BCUT2D eigenvalue weighted by Crippen LogP contribution is 2.39. The lowest BCUT2D eigenvalue weighted by Gasteiger charge is -2.14. The standard InChI is InChI=1S/C19H18F3N7O2/c1-31-18-12(17(30)28-11-3-2-10(23)5-11)4-9(7-25-18)14-6-13(19(20,21)22)15-16(24)26-8-27-29(14)15/h4,6-8,11,23H,2-3,5H2,1H3,(H,28,30)(H2,24,26,27). The van der Waals surface area contributed by atoms with Gasteiger partial charge in [0.2, 0.25) is 5.88 Å².